The molecular weight excluding hydrogens is 248 g/mol. The highest BCUT2D eigenvalue weighted by Crippen LogP contribution is 2.21. The monoisotopic (exact) mass is 266 g/mol. The predicted octanol–water partition coefficient (Wildman–Crippen LogP) is 2.65. The zero-order valence-electron chi connectivity index (χ0n) is 11.8. The van der Waals surface area contributed by atoms with E-state index in [1.54, 1.807) is 0 Å². The zero-order chi connectivity index (χ0) is 13.9. The van der Waals surface area contributed by atoms with Crippen LogP contribution < -0.4 is 4.90 Å². The van der Waals surface area contributed by atoms with Gasteiger partial charge in [-0.25, -0.2) is 4.98 Å². The quantitative estimate of drug-likeness (QED) is 0.728. The number of benzene rings is 1. The lowest BCUT2D eigenvalue weighted by atomic mass is 10.1. The maximum atomic E-state index is 4.50. The fourth-order valence-corrected chi connectivity index (χ4v) is 2.38. The smallest absolute Gasteiger partial charge is 0.156 e. The molecule has 1 aromatic carbocycles. The predicted molar refractivity (Wildman–Crippen MR) is 81.9 cm³/mol. The van der Waals surface area contributed by atoms with Gasteiger partial charge >= 0.3 is 0 Å². The van der Waals surface area contributed by atoms with Crippen molar-refractivity contribution in [2.45, 2.75) is 6.42 Å². The van der Waals surface area contributed by atoms with Crippen LogP contribution in [-0.2, 0) is 13.5 Å². The van der Waals surface area contributed by atoms with Crippen LogP contribution >= 0.6 is 0 Å². The number of likely N-dealkylation sites (N-methyl/N-ethyl adjacent to an activating group) is 1. The van der Waals surface area contributed by atoms with Crippen molar-refractivity contribution in [3.63, 3.8) is 0 Å². The van der Waals surface area contributed by atoms with Gasteiger partial charge in [-0.2, -0.15) is 5.10 Å². The highest BCUT2D eigenvalue weighted by Gasteiger charge is 2.10. The van der Waals surface area contributed by atoms with E-state index < -0.39 is 0 Å². The average Bonchev–Trinajstić information content (AvgIpc) is 2.85. The molecular formula is C16H18N4. The minimum atomic E-state index is 0.923. The molecule has 3 rings (SSSR count). The highest BCUT2D eigenvalue weighted by atomic mass is 15.3. The second kappa shape index (κ2) is 5.33. The number of pyridine rings is 1. The van der Waals surface area contributed by atoms with Crippen LogP contribution in [-0.4, -0.2) is 28.4 Å². The van der Waals surface area contributed by atoms with Gasteiger partial charge in [-0.1, -0.05) is 30.3 Å². The van der Waals surface area contributed by atoms with Gasteiger partial charge in [-0.3, -0.25) is 4.68 Å². The van der Waals surface area contributed by atoms with Gasteiger partial charge in [0, 0.05) is 38.4 Å². The Labute approximate surface area is 118 Å². The minimum absolute atomic E-state index is 0.923. The summed E-state index contributed by atoms with van der Waals surface area (Å²) in [4.78, 5) is 6.65. The van der Waals surface area contributed by atoms with Crippen LogP contribution in [0.15, 0.2) is 48.8 Å². The standard InChI is InChI=1S/C16H18N4/c1-19(11-9-13-6-4-3-5-7-13)16-15-14(8-10-17-16)12-20(2)18-15/h3-8,10,12H,9,11H2,1-2H3. The lowest BCUT2D eigenvalue weighted by Gasteiger charge is -2.18. The summed E-state index contributed by atoms with van der Waals surface area (Å²) in [5, 5.41) is 5.63. The summed E-state index contributed by atoms with van der Waals surface area (Å²) in [6.07, 6.45) is 4.87. The van der Waals surface area contributed by atoms with Crippen molar-refractivity contribution in [2.24, 2.45) is 7.05 Å². The number of aromatic nitrogens is 3. The van der Waals surface area contributed by atoms with E-state index in [0.717, 1.165) is 29.7 Å². The average molecular weight is 266 g/mol. The first-order chi connectivity index (χ1) is 9.74. The number of hydrogen-bond acceptors (Lipinski definition) is 3. The van der Waals surface area contributed by atoms with Crippen molar-refractivity contribution in [1.82, 2.24) is 14.8 Å². The molecule has 3 aromatic rings. The third-order valence-corrected chi connectivity index (χ3v) is 3.46. The fourth-order valence-electron chi connectivity index (χ4n) is 2.38. The molecule has 0 saturated carbocycles. The summed E-state index contributed by atoms with van der Waals surface area (Å²) in [5.74, 6) is 0.944. The van der Waals surface area contributed by atoms with Crippen molar-refractivity contribution in [1.29, 1.82) is 0 Å². The molecule has 0 aliphatic carbocycles. The van der Waals surface area contributed by atoms with Crippen molar-refractivity contribution in [2.75, 3.05) is 18.5 Å². The molecule has 0 aliphatic heterocycles. The van der Waals surface area contributed by atoms with Gasteiger partial charge in [0.25, 0.3) is 0 Å². The van der Waals surface area contributed by atoms with E-state index in [1.807, 2.05) is 36.3 Å². The van der Waals surface area contributed by atoms with Crippen LogP contribution in [0.1, 0.15) is 5.56 Å². The molecule has 0 fully saturated rings. The first kappa shape index (κ1) is 12.7. The summed E-state index contributed by atoms with van der Waals surface area (Å²) < 4.78 is 1.83. The summed E-state index contributed by atoms with van der Waals surface area (Å²) in [7, 11) is 4.01. The van der Waals surface area contributed by atoms with Gasteiger partial charge in [0.15, 0.2) is 5.82 Å². The molecule has 4 nitrogen and oxygen atoms in total. The summed E-state index contributed by atoms with van der Waals surface area (Å²) >= 11 is 0. The number of rotatable bonds is 4. The first-order valence-electron chi connectivity index (χ1n) is 6.77. The van der Waals surface area contributed by atoms with Crippen LogP contribution in [0.3, 0.4) is 0 Å². The first-order valence-corrected chi connectivity index (χ1v) is 6.77. The van der Waals surface area contributed by atoms with Gasteiger partial charge in [-0.05, 0) is 18.1 Å². The van der Waals surface area contributed by atoms with Crippen LogP contribution in [0, 0.1) is 0 Å². The minimum Gasteiger partial charge on any atom is -0.357 e. The van der Waals surface area contributed by atoms with Crippen LogP contribution in [0.2, 0.25) is 0 Å². The van der Waals surface area contributed by atoms with Crippen LogP contribution in [0.4, 0.5) is 5.82 Å². The van der Waals surface area contributed by atoms with Gasteiger partial charge in [-0.15, -0.1) is 0 Å². The Morgan fingerprint density at radius 2 is 1.95 bits per heavy atom. The zero-order valence-corrected chi connectivity index (χ0v) is 11.8. The van der Waals surface area contributed by atoms with Crippen LogP contribution in [0.5, 0.6) is 0 Å². The molecule has 0 aliphatic rings. The maximum absolute atomic E-state index is 4.50. The number of anilines is 1. The van der Waals surface area contributed by atoms with Gasteiger partial charge in [0.2, 0.25) is 0 Å². The summed E-state index contributed by atoms with van der Waals surface area (Å²) in [5.41, 5.74) is 2.30. The lowest BCUT2D eigenvalue weighted by Crippen LogP contribution is -2.21. The molecule has 0 bridgehead atoms. The Morgan fingerprint density at radius 1 is 1.15 bits per heavy atom. The Bertz CT molecular complexity index is 703. The highest BCUT2D eigenvalue weighted by molar-refractivity contribution is 5.88. The van der Waals surface area contributed by atoms with E-state index in [1.165, 1.54) is 5.56 Å². The Hall–Kier alpha value is -2.36. The second-order valence-corrected chi connectivity index (χ2v) is 5.03. The molecule has 2 aromatic heterocycles. The van der Waals surface area contributed by atoms with Crippen molar-refractivity contribution < 1.29 is 0 Å². The van der Waals surface area contributed by atoms with E-state index in [2.05, 4.69) is 46.3 Å². The Balaban J connectivity index is 1.80. The molecule has 4 heteroatoms. The van der Waals surface area contributed by atoms with E-state index in [0.29, 0.717) is 0 Å². The molecule has 0 spiro atoms. The van der Waals surface area contributed by atoms with Crippen molar-refractivity contribution in [3.05, 3.63) is 54.4 Å². The number of hydrogen-bond donors (Lipinski definition) is 0. The molecule has 0 radical (unpaired) electrons. The van der Waals surface area contributed by atoms with Crippen molar-refractivity contribution in [3.8, 4) is 0 Å². The third-order valence-electron chi connectivity index (χ3n) is 3.46. The lowest BCUT2D eigenvalue weighted by molar-refractivity contribution is 0.777. The topological polar surface area (TPSA) is 34.0 Å². The van der Waals surface area contributed by atoms with Gasteiger partial charge in [0.05, 0.1) is 0 Å². The number of aryl methyl sites for hydroxylation is 1. The molecule has 20 heavy (non-hydrogen) atoms. The van der Waals surface area contributed by atoms with E-state index in [4.69, 9.17) is 0 Å². The molecule has 0 saturated heterocycles. The van der Waals surface area contributed by atoms with E-state index in [-0.39, 0.29) is 0 Å². The van der Waals surface area contributed by atoms with Gasteiger partial charge in [0.1, 0.15) is 5.52 Å². The fraction of sp³-hybridized carbons (Fsp3) is 0.250. The maximum Gasteiger partial charge on any atom is 0.156 e. The largest absolute Gasteiger partial charge is 0.357 e. The van der Waals surface area contributed by atoms with Gasteiger partial charge < -0.3 is 4.90 Å². The Morgan fingerprint density at radius 3 is 2.75 bits per heavy atom. The second-order valence-electron chi connectivity index (χ2n) is 5.03. The molecule has 0 unspecified atom stereocenters. The molecule has 2 heterocycles. The summed E-state index contributed by atoms with van der Waals surface area (Å²) in [6, 6.07) is 12.5. The van der Waals surface area contributed by atoms with E-state index in [9.17, 15) is 0 Å². The normalized spacial score (nSPS) is 10.9. The molecule has 0 atom stereocenters. The van der Waals surface area contributed by atoms with Crippen molar-refractivity contribution >= 4 is 16.7 Å². The molecule has 0 N–H and O–H groups in total. The molecule has 102 valence electrons. The van der Waals surface area contributed by atoms with E-state index >= 15 is 0 Å². The number of nitrogens with zero attached hydrogens (tertiary/aromatic N) is 4. The SMILES string of the molecule is CN(CCc1ccccc1)c1nccc2cn(C)nc12. The summed E-state index contributed by atoms with van der Waals surface area (Å²) in [6.45, 7) is 0.923. The Kier molecular flexibility index (Phi) is 3.37. The number of fused-ring (bicyclic) bond motifs is 1. The molecule has 0 amide bonds. The third kappa shape index (κ3) is 2.50. The van der Waals surface area contributed by atoms with Crippen LogP contribution in [0.25, 0.3) is 10.9 Å².